The lowest BCUT2D eigenvalue weighted by molar-refractivity contribution is -0.702. The van der Waals surface area contributed by atoms with E-state index in [-0.39, 0.29) is 16.7 Å². The maximum atomic E-state index is 13.2. The molecule has 1 amide bonds. The number of thiazole rings is 1. The number of aromatic nitrogens is 2. The molecule has 0 unspecified atom stereocenters. The van der Waals surface area contributed by atoms with E-state index in [1.807, 2.05) is 35.2 Å². The Kier molecular flexibility index (Phi) is 9.61. The number of nitrogen functional groups attached to an aromatic ring is 1. The van der Waals surface area contributed by atoms with E-state index in [4.69, 9.17) is 10.6 Å². The summed E-state index contributed by atoms with van der Waals surface area (Å²) >= 11 is 2.22. The lowest BCUT2D eigenvalue weighted by atomic mass is 10.0. The van der Waals surface area contributed by atoms with E-state index in [9.17, 15) is 34.8 Å². The van der Waals surface area contributed by atoms with Crippen molar-refractivity contribution in [3.05, 3.63) is 41.7 Å². The number of carboxylic acid groups (broad SMARTS) is 2. The molecule has 1 saturated heterocycles. The maximum absolute atomic E-state index is 13.2. The van der Waals surface area contributed by atoms with Gasteiger partial charge in [0.25, 0.3) is 5.91 Å². The third-order valence-corrected chi connectivity index (χ3v) is 7.68. The number of carbonyl (C=O) groups excluding carboxylic acids is 1. The number of nitrogens with zero attached hydrogens (tertiary/aromatic N) is 3. The molecule has 0 radical (unpaired) electrons. The smallest absolute Gasteiger partial charge is 0.350 e. The maximum Gasteiger partial charge on any atom is 0.350 e. The molecular weight excluding hydrogens is 540 g/mol. The van der Waals surface area contributed by atoms with Crippen LogP contribution in [0.15, 0.2) is 41.1 Å². The van der Waals surface area contributed by atoms with Crippen LogP contribution >= 0.6 is 23.1 Å². The van der Waals surface area contributed by atoms with Gasteiger partial charge >= 0.3 is 11.9 Å². The topological polar surface area (TPSA) is 221 Å². The largest absolute Gasteiger partial charge is 0.480 e. The average Bonchev–Trinajstić information content (AvgIpc) is 3.29. The van der Waals surface area contributed by atoms with Gasteiger partial charge in [0.15, 0.2) is 36.1 Å². The van der Waals surface area contributed by atoms with Crippen molar-refractivity contribution in [2.75, 3.05) is 11.5 Å². The highest BCUT2D eigenvalue weighted by Gasteiger charge is 2.42. The van der Waals surface area contributed by atoms with Crippen molar-refractivity contribution in [1.29, 1.82) is 0 Å². The van der Waals surface area contributed by atoms with Crippen molar-refractivity contribution < 1.29 is 44.2 Å². The zero-order valence-electron chi connectivity index (χ0n) is 20.4. The first-order chi connectivity index (χ1) is 17.9. The molecule has 1 fully saturated rings. The highest BCUT2D eigenvalue weighted by molar-refractivity contribution is 8.00. The summed E-state index contributed by atoms with van der Waals surface area (Å²) < 4.78 is 1.85. The SMILES string of the molecule is CC(C)(O/N=C(\C(=O)N[C@H](C(O)O)[C@@H]1N[C@H](C(=O)O)[C@@H](C[n+]2ccccc2)CS1)c1csc(N)n1)C(=O)O. The Morgan fingerprint density at radius 2 is 1.97 bits per heavy atom. The number of hydrogen-bond donors (Lipinski definition) is 7. The van der Waals surface area contributed by atoms with Crippen molar-refractivity contribution >= 4 is 51.8 Å². The van der Waals surface area contributed by atoms with Crippen LogP contribution in [-0.2, 0) is 25.8 Å². The average molecular weight is 570 g/mol. The van der Waals surface area contributed by atoms with E-state index in [0.717, 1.165) is 11.3 Å². The monoisotopic (exact) mass is 569 g/mol. The number of carboxylic acids is 2. The van der Waals surface area contributed by atoms with Gasteiger partial charge in [-0.15, -0.1) is 23.1 Å². The van der Waals surface area contributed by atoms with Gasteiger partial charge < -0.3 is 36.3 Å². The molecule has 8 N–H and O–H groups in total. The van der Waals surface area contributed by atoms with Crippen LogP contribution in [0, 0.1) is 5.92 Å². The molecule has 2 aromatic heterocycles. The molecule has 16 heteroatoms. The van der Waals surface area contributed by atoms with Crippen LogP contribution in [0.3, 0.4) is 0 Å². The molecule has 0 aliphatic carbocycles. The second-order valence-electron chi connectivity index (χ2n) is 8.90. The van der Waals surface area contributed by atoms with Gasteiger partial charge in [-0.1, -0.05) is 11.2 Å². The number of amides is 1. The summed E-state index contributed by atoms with van der Waals surface area (Å²) in [7, 11) is 0. The summed E-state index contributed by atoms with van der Waals surface area (Å²) in [4.78, 5) is 45.7. The Hall–Kier alpha value is -3.31. The number of aliphatic carboxylic acids is 2. The number of carbonyl (C=O) groups is 3. The van der Waals surface area contributed by atoms with Gasteiger partial charge in [-0.2, -0.15) is 0 Å². The Morgan fingerprint density at radius 1 is 1.29 bits per heavy atom. The molecule has 206 valence electrons. The second kappa shape index (κ2) is 12.5. The van der Waals surface area contributed by atoms with Crippen LogP contribution in [0.25, 0.3) is 0 Å². The number of nitrogens with two attached hydrogens (primary N) is 1. The quantitative estimate of drug-likeness (QED) is 0.0736. The first kappa shape index (κ1) is 29.2. The van der Waals surface area contributed by atoms with Crippen molar-refractivity contribution in [3.63, 3.8) is 0 Å². The molecule has 2 aromatic rings. The molecule has 3 rings (SSSR count). The lowest BCUT2D eigenvalue weighted by Gasteiger charge is -2.38. The molecule has 4 atom stereocenters. The molecule has 0 aromatic carbocycles. The summed E-state index contributed by atoms with van der Waals surface area (Å²) in [5.41, 5.74) is 3.40. The summed E-state index contributed by atoms with van der Waals surface area (Å²) in [6, 6.07) is 3.07. The number of pyridine rings is 1. The van der Waals surface area contributed by atoms with Gasteiger partial charge in [-0.3, -0.25) is 14.9 Å². The number of oxime groups is 1. The van der Waals surface area contributed by atoms with Gasteiger partial charge in [0.1, 0.15) is 17.8 Å². The number of aliphatic hydroxyl groups excluding tert-OH is 1. The van der Waals surface area contributed by atoms with Crippen molar-refractivity contribution in [3.8, 4) is 0 Å². The van der Waals surface area contributed by atoms with Gasteiger partial charge in [0, 0.05) is 23.3 Å². The molecule has 1 aliphatic rings. The van der Waals surface area contributed by atoms with Gasteiger partial charge in [0.2, 0.25) is 5.60 Å². The van der Waals surface area contributed by atoms with Crippen LogP contribution in [0.5, 0.6) is 0 Å². The van der Waals surface area contributed by atoms with Gasteiger partial charge in [-0.05, 0) is 13.8 Å². The standard InChI is InChI=1S/C22H28N6O8S2/c1-22(2,20(34)35)36-27-14(12-10-38-21(23)24-12)16(29)25-15(19(32)33)17-26-13(18(30)31)11(9-37-17)8-28-6-4-3-5-7-28/h3-7,10-11,13,15,17,19,26,32-33H,8-9H2,1-2H3,(H4-,23,24,25,29,30,31,34,35)/p+1/b27-14-/t11-,13-,15-,17+/m0/s1. The number of hydrogen-bond acceptors (Lipinski definition) is 12. The fraction of sp³-hybridized carbons (Fsp3) is 0.455. The minimum atomic E-state index is -2.09. The molecular formula is C22H29N6O8S2+. The minimum Gasteiger partial charge on any atom is -0.480 e. The van der Waals surface area contributed by atoms with E-state index in [1.165, 1.54) is 31.0 Å². The summed E-state index contributed by atoms with van der Waals surface area (Å²) in [6.45, 7) is 2.85. The highest BCUT2D eigenvalue weighted by Crippen LogP contribution is 2.27. The summed E-state index contributed by atoms with van der Waals surface area (Å²) in [6.07, 6.45) is 1.54. The van der Waals surface area contributed by atoms with E-state index < -0.39 is 52.9 Å². The van der Waals surface area contributed by atoms with Crippen LogP contribution in [0.2, 0.25) is 0 Å². The number of aliphatic hydroxyl groups is 2. The van der Waals surface area contributed by atoms with E-state index in [0.29, 0.717) is 12.3 Å². The molecule has 0 spiro atoms. The molecule has 38 heavy (non-hydrogen) atoms. The third-order valence-electron chi connectivity index (χ3n) is 5.60. The predicted molar refractivity (Wildman–Crippen MR) is 137 cm³/mol. The Labute approximate surface area is 225 Å². The second-order valence-corrected chi connectivity index (χ2v) is 11.0. The Morgan fingerprint density at radius 3 is 2.53 bits per heavy atom. The Balaban J connectivity index is 1.80. The summed E-state index contributed by atoms with van der Waals surface area (Å²) in [5.74, 6) is -3.43. The Bertz CT molecular complexity index is 1180. The van der Waals surface area contributed by atoms with Crippen LogP contribution < -0.4 is 20.9 Å². The first-order valence-electron chi connectivity index (χ1n) is 11.3. The van der Waals surface area contributed by atoms with Gasteiger partial charge in [-0.25, -0.2) is 14.3 Å². The molecule has 0 saturated carbocycles. The number of rotatable bonds is 11. The number of nitrogens with one attached hydrogen (secondary N) is 2. The predicted octanol–water partition coefficient (Wildman–Crippen LogP) is -1.18. The van der Waals surface area contributed by atoms with E-state index in [1.54, 1.807) is 0 Å². The van der Waals surface area contributed by atoms with Crippen molar-refractivity contribution in [1.82, 2.24) is 15.6 Å². The van der Waals surface area contributed by atoms with Crippen LogP contribution in [-0.4, -0.2) is 84.1 Å². The molecule has 1 aliphatic heterocycles. The fourth-order valence-corrected chi connectivity index (χ4v) is 5.43. The number of thioether (sulfide) groups is 1. The van der Waals surface area contributed by atoms with Crippen LogP contribution in [0.4, 0.5) is 5.13 Å². The van der Waals surface area contributed by atoms with E-state index in [2.05, 4.69) is 20.8 Å². The highest BCUT2D eigenvalue weighted by atomic mass is 32.2. The zero-order chi connectivity index (χ0) is 28.0. The van der Waals surface area contributed by atoms with Crippen molar-refractivity contribution in [2.45, 2.75) is 49.7 Å². The van der Waals surface area contributed by atoms with E-state index >= 15 is 0 Å². The molecule has 0 bridgehead atoms. The normalized spacial score (nSPS) is 21.1. The molecule has 3 heterocycles. The molecule has 14 nitrogen and oxygen atoms in total. The van der Waals surface area contributed by atoms with Crippen molar-refractivity contribution in [2.24, 2.45) is 11.1 Å². The third kappa shape index (κ3) is 7.38. The first-order valence-corrected chi connectivity index (χ1v) is 13.2. The lowest BCUT2D eigenvalue weighted by Crippen LogP contribution is -2.63. The summed E-state index contributed by atoms with van der Waals surface area (Å²) in [5, 5.41) is 48.9. The zero-order valence-corrected chi connectivity index (χ0v) is 22.1. The minimum absolute atomic E-state index is 0.0232. The number of anilines is 1. The van der Waals surface area contributed by atoms with Crippen LogP contribution in [0.1, 0.15) is 19.5 Å². The van der Waals surface area contributed by atoms with Gasteiger partial charge in [0.05, 0.1) is 11.3 Å². The fourth-order valence-electron chi connectivity index (χ4n) is 3.48.